The molecule has 8 heteroatoms. The fourth-order valence-electron chi connectivity index (χ4n) is 4.47. The first-order valence-corrected chi connectivity index (χ1v) is 10.5. The second kappa shape index (κ2) is 7.28. The maximum absolute atomic E-state index is 15.0. The second-order valence-corrected chi connectivity index (χ2v) is 7.99. The van der Waals surface area contributed by atoms with Crippen LogP contribution in [0.2, 0.25) is 0 Å². The lowest BCUT2D eigenvalue weighted by Gasteiger charge is -2.38. The van der Waals surface area contributed by atoms with Gasteiger partial charge in [0.25, 0.3) is 0 Å². The van der Waals surface area contributed by atoms with Crippen molar-refractivity contribution in [3.05, 3.63) is 35.0 Å². The van der Waals surface area contributed by atoms with Gasteiger partial charge in [0.05, 0.1) is 18.8 Å². The summed E-state index contributed by atoms with van der Waals surface area (Å²) in [7, 11) is 0. The van der Waals surface area contributed by atoms with E-state index in [0.29, 0.717) is 49.4 Å². The van der Waals surface area contributed by atoms with Crippen LogP contribution in [0.4, 0.5) is 10.2 Å². The van der Waals surface area contributed by atoms with Gasteiger partial charge < -0.3 is 18.9 Å². The van der Waals surface area contributed by atoms with Crippen LogP contribution in [0.15, 0.2) is 16.7 Å². The number of ether oxygens (including phenoxy) is 2. The maximum atomic E-state index is 15.0. The molecule has 0 radical (unpaired) electrons. The number of hydrogen-bond acceptors (Lipinski definition) is 7. The average molecular weight is 412 g/mol. The number of hydrogen-bond donors (Lipinski definition) is 0. The molecule has 0 bridgehead atoms. The number of halogens is 1. The molecule has 7 nitrogen and oxygen atoms in total. The first-order valence-electron chi connectivity index (χ1n) is 10.5. The minimum absolute atomic E-state index is 0.305. The van der Waals surface area contributed by atoms with Crippen molar-refractivity contribution >= 4 is 16.7 Å². The Balaban J connectivity index is 1.65. The van der Waals surface area contributed by atoms with Crippen LogP contribution in [-0.2, 0) is 15.9 Å². The molecule has 158 valence electrons. The van der Waals surface area contributed by atoms with Gasteiger partial charge in [0.1, 0.15) is 17.2 Å². The Labute approximate surface area is 174 Å². The van der Waals surface area contributed by atoms with Crippen LogP contribution in [0.3, 0.4) is 0 Å². The summed E-state index contributed by atoms with van der Waals surface area (Å²) in [6.45, 7) is 8.39. The maximum Gasteiger partial charge on any atom is 0.223 e. The van der Waals surface area contributed by atoms with E-state index in [0.717, 1.165) is 41.3 Å². The van der Waals surface area contributed by atoms with Gasteiger partial charge >= 0.3 is 0 Å². The lowest BCUT2D eigenvalue weighted by molar-refractivity contribution is -0.169. The van der Waals surface area contributed by atoms with E-state index in [2.05, 4.69) is 15.0 Å². The zero-order chi connectivity index (χ0) is 20.9. The zero-order valence-corrected chi connectivity index (χ0v) is 17.5. The second-order valence-electron chi connectivity index (χ2n) is 7.99. The number of aryl methyl sites for hydroxylation is 3. The van der Waals surface area contributed by atoms with Gasteiger partial charge in [-0.05, 0) is 36.6 Å². The molecule has 0 saturated carbocycles. The number of rotatable bonds is 3. The predicted molar refractivity (Wildman–Crippen MR) is 110 cm³/mol. The summed E-state index contributed by atoms with van der Waals surface area (Å²) >= 11 is 0. The molecule has 3 aromatic rings. The van der Waals surface area contributed by atoms with Crippen molar-refractivity contribution in [2.24, 2.45) is 0 Å². The van der Waals surface area contributed by atoms with Crippen molar-refractivity contribution in [1.82, 2.24) is 15.1 Å². The number of aromatic nitrogens is 3. The molecule has 4 heterocycles. The van der Waals surface area contributed by atoms with Crippen molar-refractivity contribution < 1.29 is 18.4 Å². The minimum Gasteiger partial charge on any atom is -0.356 e. The molecule has 2 aliphatic heterocycles. The van der Waals surface area contributed by atoms with Gasteiger partial charge in [0.2, 0.25) is 11.7 Å². The fraction of sp³-hybridized carbons (Fsp3) is 0.500. The largest absolute Gasteiger partial charge is 0.356 e. The van der Waals surface area contributed by atoms with E-state index < -0.39 is 5.79 Å². The number of anilines is 1. The molecular weight excluding hydrogens is 387 g/mol. The molecule has 0 amide bonds. The summed E-state index contributed by atoms with van der Waals surface area (Å²) in [5.41, 5.74) is 3.00. The van der Waals surface area contributed by atoms with Gasteiger partial charge in [0, 0.05) is 38.2 Å². The van der Waals surface area contributed by atoms with E-state index in [1.165, 1.54) is 0 Å². The van der Waals surface area contributed by atoms with Crippen LogP contribution in [-0.4, -0.2) is 47.2 Å². The molecular formula is C22H25FN4O3. The van der Waals surface area contributed by atoms with Gasteiger partial charge in [-0.3, -0.25) is 0 Å². The van der Waals surface area contributed by atoms with Crippen molar-refractivity contribution in [2.75, 3.05) is 31.2 Å². The van der Waals surface area contributed by atoms with Crippen LogP contribution in [0.1, 0.15) is 36.8 Å². The first kappa shape index (κ1) is 19.4. The molecule has 1 spiro atoms. The quantitative estimate of drug-likeness (QED) is 0.645. The minimum atomic E-state index is -0.493. The van der Waals surface area contributed by atoms with Crippen molar-refractivity contribution in [3.63, 3.8) is 0 Å². The van der Waals surface area contributed by atoms with E-state index in [9.17, 15) is 4.39 Å². The molecule has 0 unspecified atom stereocenters. The van der Waals surface area contributed by atoms with Gasteiger partial charge in [-0.25, -0.2) is 9.37 Å². The Hall–Kier alpha value is -2.58. The average Bonchev–Trinajstić information content (AvgIpc) is 3.38. The molecule has 0 N–H and O–H groups in total. The third kappa shape index (κ3) is 3.15. The summed E-state index contributed by atoms with van der Waals surface area (Å²) in [5, 5.41) is 4.93. The van der Waals surface area contributed by atoms with Crippen LogP contribution >= 0.6 is 0 Å². The van der Waals surface area contributed by atoms with Crippen LogP contribution in [0, 0.1) is 19.7 Å². The molecule has 2 aromatic heterocycles. The van der Waals surface area contributed by atoms with E-state index >= 15 is 0 Å². The smallest absolute Gasteiger partial charge is 0.223 e. The summed E-state index contributed by atoms with van der Waals surface area (Å²) in [6, 6.07) is 3.58. The number of fused-ring (bicyclic) bond motifs is 1. The SMILES string of the molecule is CCc1cc(F)c2nc(N3CCC4(CC3)OCCO4)c(-c3noc(C)n3)c(C)c2c1. The molecule has 2 fully saturated rings. The highest BCUT2D eigenvalue weighted by molar-refractivity contribution is 5.93. The van der Waals surface area contributed by atoms with E-state index in [1.807, 2.05) is 19.9 Å². The van der Waals surface area contributed by atoms with Crippen LogP contribution in [0.5, 0.6) is 0 Å². The molecule has 2 aliphatic rings. The number of nitrogens with zero attached hydrogens (tertiary/aromatic N) is 4. The Bertz CT molecular complexity index is 1100. The molecule has 5 rings (SSSR count). The lowest BCUT2D eigenvalue weighted by Crippen LogP contribution is -2.45. The molecule has 30 heavy (non-hydrogen) atoms. The molecule has 1 aromatic carbocycles. The molecule has 2 saturated heterocycles. The topological polar surface area (TPSA) is 73.5 Å². The molecule has 0 atom stereocenters. The first-order chi connectivity index (χ1) is 14.5. The van der Waals surface area contributed by atoms with E-state index in [-0.39, 0.29) is 5.82 Å². The standard InChI is InChI=1S/C22H25FN4O3/c1-4-15-11-16-13(2)18(20-24-14(3)30-26-20)21(25-19(16)17(23)12-15)27-7-5-22(6-8-27)28-9-10-29-22/h11-12H,4-10H2,1-3H3. The normalized spacial score (nSPS) is 18.6. The Morgan fingerprint density at radius 3 is 2.47 bits per heavy atom. The lowest BCUT2D eigenvalue weighted by atomic mass is 9.98. The summed E-state index contributed by atoms with van der Waals surface area (Å²) < 4.78 is 31.9. The number of benzene rings is 1. The summed E-state index contributed by atoms with van der Waals surface area (Å²) in [6.07, 6.45) is 2.21. The number of pyridine rings is 1. The van der Waals surface area contributed by atoms with Crippen molar-refractivity contribution in [1.29, 1.82) is 0 Å². The third-order valence-electron chi connectivity index (χ3n) is 6.14. The number of piperidine rings is 1. The highest BCUT2D eigenvalue weighted by Crippen LogP contribution is 2.39. The van der Waals surface area contributed by atoms with Crippen molar-refractivity contribution in [3.8, 4) is 11.4 Å². The Kier molecular flexibility index (Phi) is 4.71. The van der Waals surface area contributed by atoms with Gasteiger partial charge in [-0.15, -0.1) is 0 Å². The van der Waals surface area contributed by atoms with Gasteiger partial charge in [-0.2, -0.15) is 4.98 Å². The fourth-order valence-corrected chi connectivity index (χ4v) is 4.47. The summed E-state index contributed by atoms with van der Waals surface area (Å²) in [4.78, 5) is 11.4. The Morgan fingerprint density at radius 1 is 1.10 bits per heavy atom. The predicted octanol–water partition coefficient (Wildman–Crippen LogP) is 3.95. The highest BCUT2D eigenvalue weighted by atomic mass is 19.1. The van der Waals surface area contributed by atoms with E-state index in [1.54, 1.807) is 13.0 Å². The monoisotopic (exact) mass is 412 g/mol. The van der Waals surface area contributed by atoms with Crippen LogP contribution in [0.25, 0.3) is 22.3 Å². The molecule has 0 aliphatic carbocycles. The third-order valence-corrected chi connectivity index (χ3v) is 6.14. The van der Waals surface area contributed by atoms with Crippen molar-refractivity contribution in [2.45, 2.75) is 45.8 Å². The zero-order valence-electron chi connectivity index (χ0n) is 17.5. The Morgan fingerprint density at radius 2 is 1.83 bits per heavy atom. The van der Waals surface area contributed by atoms with Crippen LogP contribution < -0.4 is 4.90 Å². The summed E-state index contributed by atoms with van der Waals surface area (Å²) in [5.74, 6) is 0.837. The van der Waals surface area contributed by atoms with E-state index in [4.69, 9.17) is 19.0 Å². The van der Waals surface area contributed by atoms with Gasteiger partial charge in [-0.1, -0.05) is 12.1 Å². The van der Waals surface area contributed by atoms with Gasteiger partial charge in [0.15, 0.2) is 5.79 Å². The highest BCUT2D eigenvalue weighted by Gasteiger charge is 2.40.